The van der Waals surface area contributed by atoms with Crippen LogP contribution < -0.4 is 4.90 Å². The SMILES string of the molecule is Cc1cc(Br)cnc1N(C)CCCn1ccnc1. The molecule has 2 aromatic rings. The van der Waals surface area contributed by atoms with E-state index in [4.69, 9.17) is 0 Å². The van der Waals surface area contributed by atoms with Crippen LogP contribution in [0.2, 0.25) is 0 Å². The smallest absolute Gasteiger partial charge is 0.131 e. The number of halogens is 1. The molecule has 0 unspecified atom stereocenters. The quantitative estimate of drug-likeness (QED) is 0.851. The fourth-order valence-electron chi connectivity index (χ4n) is 1.95. The number of aryl methyl sites for hydroxylation is 2. The Morgan fingerprint density at radius 2 is 2.28 bits per heavy atom. The van der Waals surface area contributed by atoms with Gasteiger partial charge in [-0.25, -0.2) is 9.97 Å². The van der Waals surface area contributed by atoms with Gasteiger partial charge in [-0.1, -0.05) is 0 Å². The molecule has 0 amide bonds. The minimum atomic E-state index is 0.980. The van der Waals surface area contributed by atoms with E-state index < -0.39 is 0 Å². The molecule has 0 radical (unpaired) electrons. The molecule has 0 bridgehead atoms. The molecule has 4 nitrogen and oxygen atoms in total. The first kappa shape index (κ1) is 13.1. The van der Waals surface area contributed by atoms with Gasteiger partial charge >= 0.3 is 0 Å². The highest BCUT2D eigenvalue weighted by Gasteiger charge is 2.06. The fraction of sp³-hybridized carbons (Fsp3) is 0.385. The maximum absolute atomic E-state index is 4.45. The number of pyridine rings is 1. The predicted molar refractivity (Wildman–Crippen MR) is 76.8 cm³/mol. The van der Waals surface area contributed by atoms with Gasteiger partial charge < -0.3 is 9.47 Å². The van der Waals surface area contributed by atoms with E-state index in [0.29, 0.717) is 0 Å². The lowest BCUT2D eigenvalue weighted by atomic mass is 10.2. The Kier molecular flexibility index (Phi) is 4.36. The molecule has 0 atom stereocenters. The van der Waals surface area contributed by atoms with Crippen molar-refractivity contribution < 1.29 is 0 Å². The van der Waals surface area contributed by atoms with E-state index in [1.54, 1.807) is 0 Å². The summed E-state index contributed by atoms with van der Waals surface area (Å²) in [6.45, 7) is 4.05. The van der Waals surface area contributed by atoms with Crippen molar-refractivity contribution in [2.24, 2.45) is 0 Å². The summed E-state index contributed by atoms with van der Waals surface area (Å²) < 4.78 is 3.12. The Balaban J connectivity index is 1.89. The third-order valence-electron chi connectivity index (χ3n) is 2.85. The summed E-state index contributed by atoms with van der Waals surface area (Å²) in [7, 11) is 2.08. The highest BCUT2D eigenvalue weighted by molar-refractivity contribution is 9.10. The van der Waals surface area contributed by atoms with E-state index in [0.717, 1.165) is 29.8 Å². The topological polar surface area (TPSA) is 34.0 Å². The van der Waals surface area contributed by atoms with E-state index >= 15 is 0 Å². The van der Waals surface area contributed by atoms with Gasteiger partial charge in [0.2, 0.25) is 0 Å². The van der Waals surface area contributed by atoms with Crippen LogP contribution in [0.15, 0.2) is 35.5 Å². The van der Waals surface area contributed by atoms with Crippen molar-refractivity contribution in [2.75, 3.05) is 18.5 Å². The first-order valence-corrected chi connectivity index (χ1v) is 6.75. The summed E-state index contributed by atoms with van der Waals surface area (Å²) >= 11 is 3.43. The Morgan fingerprint density at radius 1 is 1.44 bits per heavy atom. The second kappa shape index (κ2) is 6.00. The van der Waals surface area contributed by atoms with Crippen LogP contribution in [0.25, 0.3) is 0 Å². The Labute approximate surface area is 116 Å². The minimum absolute atomic E-state index is 0.980. The Bertz CT molecular complexity index is 496. The summed E-state index contributed by atoms with van der Waals surface area (Å²) in [5.74, 6) is 1.05. The van der Waals surface area contributed by atoms with E-state index in [-0.39, 0.29) is 0 Å². The van der Waals surface area contributed by atoms with Crippen molar-refractivity contribution in [3.63, 3.8) is 0 Å². The first-order valence-electron chi connectivity index (χ1n) is 5.96. The molecule has 5 heteroatoms. The van der Waals surface area contributed by atoms with Crippen LogP contribution in [0, 0.1) is 6.92 Å². The number of anilines is 1. The monoisotopic (exact) mass is 308 g/mol. The molecule has 0 aliphatic heterocycles. The molecule has 96 valence electrons. The van der Waals surface area contributed by atoms with Crippen molar-refractivity contribution in [2.45, 2.75) is 19.9 Å². The molecule has 18 heavy (non-hydrogen) atoms. The van der Waals surface area contributed by atoms with Crippen LogP contribution in [0.1, 0.15) is 12.0 Å². The van der Waals surface area contributed by atoms with Crippen molar-refractivity contribution in [1.29, 1.82) is 0 Å². The summed E-state index contributed by atoms with van der Waals surface area (Å²) in [6, 6.07) is 2.09. The van der Waals surface area contributed by atoms with Crippen molar-refractivity contribution in [1.82, 2.24) is 14.5 Å². The number of hydrogen-bond acceptors (Lipinski definition) is 3. The number of rotatable bonds is 5. The zero-order valence-corrected chi connectivity index (χ0v) is 12.3. The lowest BCUT2D eigenvalue weighted by Crippen LogP contribution is -2.21. The summed E-state index contributed by atoms with van der Waals surface area (Å²) in [4.78, 5) is 10.7. The van der Waals surface area contributed by atoms with Gasteiger partial charge in [-0.15, -0.1) is 0 Å². The first-order chi connectivity index (χ1) is 8.66. The van der Waals surface area contributed by atoms with Gasteiger partial charge in [-0.3, -0.25) is 0 Å². The summed E-state index contributed by atoms with van der Waals surface area (Å²) in [5, 5.41) is 0. The average Bonchev–Trinajstić information content (AvgIpc) is 2.81. The Morgan fingerprint density at radius 3 is 2.94 bits per heavy atom. The Hall–Kier alpha value is -1.36. The van der Waals surface area contributed by atoms with E-state index in [2.05, 4.69) is 55.4 Å². The molecule has 0 aliphatic carbocycles. The summed E-state index contributed by atoms with van der Waals surface area (Å²) in [5.41, 5.74) is 1.19. The molecule has 2 aromatic heterocycles. The molecular formula is C13H17BrN4. The van der Waals surface area contributed by atoms with Gasteiger partial charge in [0.15, 0.2) is 0 Å². The van der Waals surface area contributed by atoms with Crippen LogP contribution in [0.5, 0.6) is 0 Å². The molecule has 0 saturated carbocycles. The number of imidazole rings is 1. The van der Waals surface area contributed by atoms with E-state index in [9.17, 15) is 0 Å². The third kappa shape index (κ3) is 3.32. The zero-order chi connectivity index (χ0) is 13.0. The molecule has 0 fully saturated rings. The largest absolute Gasteiger partial charge is 0.359 e. The average molecular weight is 309 g/mol. The van der Waals surface area contributed by atoms with Gasteiger partial charge in [-0.05, 0) is 40.9 Å². The van der Waals surface area contributed by atoms with Crippen molar-refractivity contribution >= 4 is 21.7 Å². The molecule has 0 aromatic carbocycles. The number of hydrogen-bond donors (Lipinski definition) is 0. The van der Waals surface area contributed by atoms with E-state index in [1.165, 1.54) is 5.56 Å². The normalized spacial score (nSPS) is 10.6. The molecule has 0 spiro atoms. The molecule has 0 aliphatic rings. The summed E-state index contributed by atoms with van der Waals surface area (Å²) in [6.07, 6.45) is 8.56. The maximum atomic E-state index is 4.45. The van der Waals surface area contributed by atoms with Gasteiger partial charge in [0.05, 0.1) is 6.33 Å². The van der Waals surface area contributed by atoms with E-state index in [1.807, 2.05) is 24.9 Å². The molecule has 0 saturated heterocycles. The number of aromatic nitrogens is 3. The van der Waals surface area contributed by atoms with Crippen molar-refractivity contribution in [3.8, 4) is 0 Å². The lowest BCUT2D eigenvalue weighted by molar-refractivity contribution is 0.635. The lowest BCUT2D eigenvalue weighted by Gasteiger charge is -2.20. The fourth-order valence-corrected chi connectivity index (χ4v) is 2.39. The predicted octanol–water partition coefficient (Wildman–Crippen LogP) is 2.88. The van der Waals surface area contributed by atoms with Gasteiger partial charge in [-0.2, -0.15) is 0 Å². The zero-order valence-electron chi connectivity index (χ0n) is 10.7. The standard InChI is InChI=1S/C13H17BrN4/c1-11-8-12(14)9-16-13(11)17(2)5-3-6-18-7-4-15-10-18/h4,7-10H,3,5-6H2,1-2H3. The second-order valence-corrected chi connectivity index (χ2v) is 5.29. The number of nitrogens with zero attached hydrogens (tertiary/aromatic N) is 4. The van der Waals surface area contributed by atoms with Crippen LogP contribution in [0.3, 0.4) is 0 Å². The second-order valence-electron chi connectivity index (χ2n) is 4.37. The molecular weight excluding hydrogens is 292 g/mol. The molecule has 2 rings (SSSR count). The highest BCUT2D eigenvalue weighted by atomic mass is 79.9. The van der Waals surface area contributed by atoms with Crippen LogP contribution in [-0.4, -0.2) is 28.1 Å². The van der Waals surface area contributed by atoms with Gasteiger partial charge in [0.25, 0.3) is 0 Å². The van der Waals surface area contributed by atoms with Crippen molar-refractivity contribution in [3.05, 3.63) is 41.0 Å². The molecule has 0 N–H and O–H groups in total. The minimum Gasteiger partial charge on any atom is -0.359 e. The highest BCUT2D eigenvalue weighted by Crippen LogP contribution is 2.19. The maximum Gasteiger partial charge on any atom is 0.131 e. The molecule has 2 heterocycles. The third-order valence-corrected chi connectivity index (χ3v) is 3.28. The van der Waals surface area contributed by atoms with Crippen LogP contribution in [-0.2, 0) is 6.54 Å². The van der Waals surface area contributed by atoms with Gasteiger partial charge in [0, 0.05) is 43.2 Å². The van der Waals surface area contributed by atoms with Crippen LogP contribution in [0.4, 0.5) is 5.82 Å². The van der Waals surface area contributed by atoms with Gasteiger partial charge in [0.1, 0.15) is 5.82 Å². The van der Waals surface area contributed by atoms with Crippen LogP contribution >= 0.6 is 15.9 Å².